The minimum absolute atomic E-state index is 0.210. The van der Waals surface area contributed by atoms with Gasteiger partial charge in [0.1, 0.15) is 12.1 Å². The van der Waals surface area contributed by atoms with Crippen molar-refractivity contribution in [1.82, 2.24) is 5.32 Å². The summed E-state index contributed by atoms with van der Waals surface area (Å²) in [6.45, 7) is 0.597. The molecule has 0 saturated carbocycles. The molecule has 4 heteroatoms. The van der Waals surface area contributed by atoms with Crippen LogP contribution in [0.25, 0.3) is 5.57 Å². The van der Waals surface area contributed by atoms with Crippen molar-refractivity contribution < 1.29 is 14.0 Å². The van der Waals surface area contributed by atoms with Gasteiger partial charge in [-0.2, -0.15) is 0 Å². The highest BCUT2D eigenvalue weighted by atomic mass is 19.1. The minimum Gasteiger partial charge on any atom is -0.352 e. The van der Waals surface area contributed by atoms with E-state index in [0.29, 0.717) is 29.5 Å². The third-order valence-electron chi connectivity index (χ3n) is 2.70. The molecule has 3 nitrogen and oxygen atoms in total. The highest BCUT2D eigenvalue weighted by Gasteiger charge is 2.18. The predicted molar refractivity (Wildman–Crippen MR) is 66.2 cm³/mol. The second-order valence-electron chi connectivity index (χ2n) is 3.89. The maximum absolute atomic E-state index is 12.9. The molecule has 2 rings (SSSR count). The van der Waals surface area contributed by atoms with Gasteiger partial charge in [0.15, 0.2) is 0 Å². The van der Waals surface area contributed by atoms with E-state index in [9.17, 15) is 14.0 Å². The van der Waals surface area contributed by atoms with Crippen molar-refractivity contribution in [3.05, 3.63) is 53.4 Å². The van der Waals surface area contributed by atoms with Crippen LogP contribution in [0.15, 0.2) is 42.0 Å². The Morgan fingerprint density at radius 3 is 2.61 bits per heavy atom. The number of nitrogens with one attached hydrogen (secondary N) is 1. The van der Waals surface area contributed by atoms with E-state index in [1.54, 1.807) is 18.2 Å². The quantitative estimate of drug-likeness (QED) is 0.652. The normalized spacial score (nSPS) is 15.9. The number of amides is 1. The highest BCUT2D eigenvalue weighted by molar-refractivity contribution is 6.11. The van der Waals surface area contributed by atoms with Gasteiger partial charge in [0.05, 0.1) is 0 Å². The van der Waals surface area contributed by atoms with Crippen LogP contribution in [0.5, 0.6) is 0 Å². The number of carbonyl (C=O) groups excluding carboxylic acids is 2. The Bertz CT molecular complexity index is 529. The minimum atomic E-state index is -0.355. The molecule has 0 saturated heterocycles. The van der Waals surface area contributed by atoms with E-state index in [1.165, 1.54) is 18.2 Å². The van der Waals surface area contributed by atoms with E-state index in [2.05, 4.69) is 5.32 Å². The third kappa shape index (κ3) is 2.53. The fourth-order valence-electron chi connectivity index (χ4n) is 1.86. The van der Waals surface area contributed by atoms with Crippen LogP contribution in [0.4, 0.5) is 4.39 Å². The molecule has 0 spiro atoms. The molecule has 1 aliphatic heterocycles. The molecular formula is C14H12FNO2. The molecule has 0 radical (unpaired) electrons. The molecule has 0 atom stereocenters. The van der Waals surface area contributed by atoms with Gasteiger partial charge >= 0.3 is 0 Å². The third-order valence-corrected chi connectivity index (χ3v) is 2.70. The molecule has 0 unspecified atom stereocenters. The highest BCUT2D eigenvalue weighted by Crippen LogP contribution is 2.25. The van der Waals surface area contributed by atoms with Gasteiger partial charge in [0, 0.05) is 12.1 Å². The molecule has 0 aliphatic carbocycles. The van der Waals surface area contributed by atoms with Gasteiger partial charge in [-0.1, -0.05) is 18.2 Å². The first-order chi connectivity index (χ1) is 8.72. The topological polar surface area (TPSA) is 46.2 Å². The summed E-state index contributed by atoms with van der Waals surface area (Å²) in [6.07, 6.45) is 4.46. The van der Waals surface area contributed by atoms with Crippen molar-refractivity contribution in [2.75, 3.05) is 6.54 Å². The Kier molecular flexibility index (Phi) is 3.67. The zero-order valence-corrected chi connectivity index (χ0v) is 9.65. The monoisotopic (exact) mass is 245 g/mol. The average molecular weight is 245 g/mol. The van der Waals surface area contributed by atoms with Crippen LogP contribution in [0.1, 0.15) is 12.0 Å². The largest absolute Gasteiger partial charge is 0.352 e. The van der Waals surface area contributed by atoms with Crippen LogP contribution in [0, 0.1) is 5.82 Å². The van der Waals surface area contributed by atoms with E-state index in [4.69, 9.17) is 0 Å². The molecule has 1 heterocycles. The average Bonchev–Trinajstić information content (AvgIpc) is 2.38. The lowest BCUT2D eigenvalue weighted by atomic mass is 9.94. The van der Waals surface area contributed by atoms with E-state index in [0.717, 1.165) is 6.42 Å². The fraction of sp³-hybridized carbons (Fsp3) is 0.143. The van der Waals surface area contributed by atoms with Crippen molar-refractivity contribution >= 4 is 17.8 Å². The van der Waals surface area contributed by atoms with Crippen molar-refractivity contribution in [2.45, 2.75) is 6.42 Å². The summed E-state index contributed by atoms with van der Waals surface area (Å²) < 4.78 is 12.9. The van der Waals surface area contributed by atoms with Gasteiger partial charge in [0.25, 0.3) is 5.91 Å². The van der Waals surface area contributed by atoms with Gasteiger partial charge < -0.3 is 5.32 Å². The van der Waals surface area contributed by atoms with Crippen LogP contribution in [-0.2, 0) is 9.59 Å². The Balaban J connectivity index is 2.43. The van der Waals surface area contributed by atoms with Crippen LogP contribution in [0.3, 0.4) is 0 Å². The van der Waals surface area contributed by atoms with Crippen molar-refractivity contribution in [3.8, 4) is 0 Å². The number of benzene rings is 1. The molecule has 1 aromatic rings. The summed E-state index contributed by atoms with van der Waals surface area (Å²) in [7, 11) is 0. The smallest absolute Gasteiger partial charge is 0.251 e. The van der Waals surface area contributed by atoms with E-state index in [-0.39, 0.29) is 11.7 Å². The lowest BCUT2D eigenvalue weighted by Gasteiger charge is -2.16. The summed E-state index contributed by atoms with van der Waals surface area (Å²) in [5, 5.41) is 2.71. The molecule has 1 amide bonds. The van der Waals surface area contributed by atoms with E-state index < -0.39 is 0 Å². The Morgan fingerprint density at radius 1 is 1.28 bits per heavy atom. The van der Waals surface area contributed by atoms with Crippen LogP contribution < -0.4 is 5.32 Å². The SMILES string of the molecule is O=CC=C(C1=CCCNC1=O)c1ccc(F)cc1. The second-order valence-corrected chi connectivity index (χ2v) is 3.89. The summed E-state index contributed by atoms with van der Waals surface area (Å²) >= 11 is 0. The molecule has 92 valence electrons. The lowest BCUT2D eigenvalue weighted by molar-refractivity contribution is -0.117. The Labute approximate surface area is 104 Å². The van der Waals surface area contributed by atoms with Gasteiger partial charge in [0.2, 0.25) is 0 Å². The second kappa shape index (κ2) is 5.40. The number of rotatable bonds is 3. The number of hydrogen-bond acceptors (Lipinski definition) is 2. The van der Waals surface area contributed by atoms with Crippen molar-refractivity contribution in [3.63, 3.8) is 0 Å². The molecular weight excluding hydrogens is 233 g/mol. The standard InChI is InChI=1S/C14H12FNO2/c15-11-5-3-10(4-6-11)12(7-9-17)13-2-1-8-16-14(13)18/h2-7,9H,1,8H2,(H,16,18). The first-order valence-corrected chi connectivity index (χ1v) is 5.62. The summed E-state index contributed by atoms with van der Waals surface area (Å²) in [6, 6.07) is 5.70. The number of halogens is 1. The van der Waals surface area contributed by atoms with Gasteiger partial charge in [-0.25, -0.2) is 4.39 Å². The van der Waals surface area contributed by atoms with Gasteiger partial charge in [-0.15, -0.1) is 0 Å². The summed E-state index contributed by atoms with van der Waals surface area (Å²) in [4.78, 5) is 22.4. The number of allylic oxidation sites excluding steroid dienone is 1. The summed E-state index contributed by atoms with van der Waals surface area (Å²) in [5.74, 6) is -0.565. The Morgan fingerprint density at radius 2 is 2.00 bits per heavy atom. The zero-order valence-electron chi connectivity index (χ0n) is 9.65. The first kappa shape index (κ1) is 12.2. The number of aldehydes is 1. The maximum Gasteiger partial charge on any atom is 0.251 e. The van der Waals surface area contributed by atoms with Crippen molar-refractivity contribution in [2.24, 2.45) is 0 Å². The number of carbonyl (C=O) groups is 2. The maximum atomic E-state index is 12.9. The molecule has 1 N–H and O–H groups in total. The van der Waals surface area contributed by atoms with Gasteiger partial charge in [-0.05, 0) is 35.8 Å². The Hall–Kier alpha value is -2.23. The van der Waals surface area contributed by atoms with Crippen LogP contribution in [-0.4, -0.2) is 18.7 Å². The molecule has 0 bridgehead atoms. The summed E-state index contributed by atoms with van der Waals surface area (Å²) in [5.41, 5.74) is 1.62. The van der Waals surface area contributed by atoms with E-state index in [1.807, 2.05) is 0 Å². The first-order valence-electron chi connectivity index (χ1n) is 5.62. The fourth-order valence-corrected chi connectivity index (χ4v) is 1.86. The van der Waals surface area contributed by atoms with Crippen LogP contribution in [0.2, 0.25) is 0 Å². The van der Waals surface area contributed by atoms with E-state index >= 15 is 0 Å². The zero-order chi connectivity index (χ0) is 13.0. The number of hydrogen-bond donors (Lipinski definition) is 1. The lowest BCUT2D eigenvalue weighted by Crippen LogP contribution is -2.29. The molecule has 1 aliphatic rings. The molecule has 18 heavy (non-hydrogen) atoms. The van der Waals surface area contributed by atoms with Crippen LogP contribution >= 0.6 is 0 Å². The van der Waals surface area contributed by atoms with Crippen molar-refractivity contribution in [1.29, 1.82) is 0 Å². The molecule has 0 aromatic heterocycles. The molecule has 1 aromatic carbocycles. The molecule has 0 fully saturated rings. The predicted octanol–water partition coefficient (Wildman–Crippen LogP) is 1.85. The van der Waals surface area contributed by atoms with Gasteiger partial charge in [-0.3, -0.25) is 9.59 Å².